The molecule has 2 atom stereocenters. The molecule has 0 aromatic carbocycles. The van der Waals surface area contributed by atoms with Crippen molar-refractivity contribution in [1.29, 1.82) is 0 Å². The topological polar surface area (TPSA) is 28.2 Å². The summed E-state index contributed by atoms with van der Waals surface area (Å²) in [5.41, 5.74) is 3.20. The molecule has 1 N–H and O–H groups in total. The molecule has 3 rings (SSSR count). The molecule has 1 aromatic rings. The SMILES string of the molecule is CC(c1cscn1)N(CC1CC1)CC1CCCN1. The second kappa shape index (κ2) is 5.68. The molecule has 3 nitrogen and oxygen atoms in total. The van der Waals surface area contributed by atoms with Gasteiger partial charge in [-0.1, -0.05) is 0 Å². The molecule has 1 saturated heterocycles. The zero-order valence-electron chi connectivity index (χ0n) is 11.1. The first-order valence-corrected chi connectivity index (χ1v) is 8.12. The Labute approximate surface area is 114 Å². The van der Waals surface area contributed by atoms with Crippen LogP contribution in [0.1, 0.15) is 44.3 Å². The van der Waals surface area contributed by atoms with Gasteiger partial charge in [0.1, 0.15) is 0 Å². The van der Waals surface area contributed by atoms with Crippen LogP contribution in [0.25, 0.3) is 0 Å². The van der Waals surface area contributed by atoms with E-state index in [1.165, 1.54) is 51.0 Å². The van der Waals surface area contributed by atoms with Gasteiger partial charge >= 0.3 is 0 Å². The fourth-order valence-corrected chi connectivity index (χ4v) is 3.47. The predicted molar refractivity (Wildman–Crippen MR) is 75.9 cm³/mol. The van der Waals surface area contributed by atoms with E-state index in [-0.39, 0.29) is 0 Å². The number of thiazole rings is 1. The van der Waals surface area contributed by atoms with Crippen LogP contribution in [0.5, 0.6) is 0 Å². The fourth-order valence-electron chi connectivity index (χ4n) is 2.83. The first kappa shape index (κ1) is 12.6. The Balaban J connectivity index is 1.63. The fraction of sp³-hybridized carbons (Fsp3) is 0.786. The summed E-state index contributed by atoms with van der Waals surface area (Å²) >= 11 is 1.71. The van der Waals surface area contributed by atoms with Crippen LogP contribution < -0.4 is 5.32 Å². The van der Waals surface area contributed by atoms with Gasteiger partial charge in [0.05, 0.1) is 17.2 Å². The maximum atomic E-state index is 4.50. The molecular formula is C14H23N3S. The van der Waals surface area contributed by atoms with Crippen LogP contribution in [0, 0.1) is 5.92 Å². The number of rotatable bonds is 6. The average molecular weight is 265 g/mol. The molecule has 1 aromatic heterocycles. The summed E-state index contributed by atoms with van der Waals surface area (Å²) < 4.78 is 0. The zero-order chi connectivity index (χ0) is 12.4. The third kappa shape index (κ3) is 3.11. The maximum absolute atomic E-state index is 4.50. The molecule has 0 radical (unpaired) electrons. The van der Waals surface area contributed by atoms with Gasteiger partial charge in [0.2, 0.25) is 0 Å². The van der Waals surface area contributed by atoms with Crippen molar-refractivity contribution in [3.05, 3.63) is 16.6 Å². The van der Waals surface area contributed by atoms with Gasteiger partial charge in [-0.2, -0.15) is 0 Å². The molecule has 2 fully saturated rings. The molecule has 0 amide bonds. The number of nitrogens with one attached hydrogen (secondary N) is 1. The summed E-state index contributed by atoms with van der Waals surface area (Å²) in [6, 6.07) is 1.17. The molecule has 1 aliphatic carbocycles. The quantitative estimate of drug-likeness (QED) is 0.857. The minimum Gasteiger partial charge on any atom is -0.313 e. The summed E-state index contributed by atoms with van der Waals surface area (Å²) in [6.45, 7) is 5.96. The number of hydrogen-bond acceptors (Lipinski definition) is 4. The summed E-state index contributed by atoms with van der Waals surface area (Å²) in [7, 11) is 0. The van der Waals surface area contributed by atoms with Gasteiger partial charge in [0.15, 0.2) is 0 Å². The lowest BCUT2D eigenvalue weighted by atomic mass is 10.1. The van der Waals surface area contributed by atoms with E-state index in [0.29, 0.717) is 12.1 Å². The van der Waals surface area contributed by atoms with Gasteiger partial charge in [-0.3, -0.25) is 4.90 Å². The van der Waals surface area contributed by atoms with E-state index in [4.69, 9.17) is 0 Å². The summed E-state index contributed by atoms with van der Waals surface area (Å²) in [6.07, 6.45) is 5.54. The molecule has 0 spiro atoms. The number of hydrogen-bond donors (Lipinski definition) is 1. The lowest BCUT2D eigenvalue weighted by Gasteiger charge is -2.30. The van der Waals surface area contributed by atoms with Crippen LogP contribution in [0.2, 0.25) is 0 Å². The van der Waals surface area contributed by atoms with Crippen molar-refractivity contribution in [1.82, 2.24) is 15.2 Å². The van der Waals surface area contributed by atoms with Crippen LogP contribution in [-0.4, -0.2) is 35.6 Å². The van der Waals surface area contributed by atoms with Crippen molar-refractivity contribution in [2.75, 3.05) is 19.6 Å². The predicted octanol–water partition coefficient (Wildman–Crippen LogP) is 2.67. The molecule has 1 aliphatic heterocycles. The van der Waals surface area contributed by atoms with Gasteiger partial charge in [0, 0.05) is 24.5 Å². The van der Waals surface area contributed by atoms with Crippen molar-refractivity contribution in [2.24, 2.45) is 5.92 Å². The molecule has 0 bridgehead atoms. The Hall–Kier alpha value is -0.450. The van der Waals surface area contributed by atoms with Crippen molar-refractivity contribution < 1.29 is 0 Å². The highest BCUT2D eigenvalue weighted by molar-refractivity contribution is 7.07. The first-order chi connectivity index (χ1) is 8.83. The standard InChI is InChI=1S/C14H23N3S/c1-11(14-9-18-10-16-14)17(7-12-4-5-12)8-13-3-2-6-15-13/h9-13,15H,2-8H2,1H3. The van der Waals surface area contributed by atoms with Crippen molar-refractivity contribution >= 4 is 11.3 Å². The second-order valence-corrected chi connectivity index (χ2v) is 6.50. The third-order valence-corrected chi connectivity index (χ3v) is 4.84. The van der Waals surface area contributed by atoms with Gasteiger partial charge in [-0.15, -0.1) is 11.3 Å². The Morgan fingerprint density at radius 3 is 2.94 bits per heavy atom. The zero-order valence-corrected chi connectivity index (χ0v) is 12.0. The summed E-state index contributed by atoms with van der Waals surface area (Å²) in [5, 5.41) is 5.82. The van der Waals surface area contributed by atoms with E-state index in [0.717, 1.165) is 5.92 Å². The molecule has 4 heteroatoms. The van der Waals surface area contributed by atoms with Gasteiger partial charge in [-0.05, 0) is 45.1 Å². The first-order valence-electron chi connectivity index (χ1n) is 7.18. The van der Waals surface area contributed by atoms with Crippen molar-refractivity contribution in [3.8, 4) is 0 Å². The van der Waals surface area contributed by atoms with E-state index in [9.17, 15) is 0 Å². The van der Waals surface area contributed by atoms with Crippen molar-refractivity contribution in [3.63, 3.8) is 0 Å². The van der Waals surface area contributed by atoms with Crippen LogP contribution >= 0.6 is 11.3 Å². The lowest BCUT2D eigenvalue weighted by Crippen LogP contribution is -2.40. The van der Waals surface area contributed by atoms with Gasteiger partial charge in [0.25, 0.3) is 0 Å². The van der Waals surface area contributed by atoms with Crippen LogP contribution in [0.15, 0.2) is 10.9 Å². The average Bonchev–Trinajstić information content (AvgIpc) is 2.88. The van der Waals surface area contributed by atoms with E-state index < -0.39 is 0 Å². The Bertz CT molecular complexity index is 355. The molecular weight excluding hydrogens is 242 g/mol. The monoisotopic (exact) mass is 265 g/mol. The van der Waals surface area contributed by atoms with Crippen LogP contribution in [-0.2, 0) is 0 Å². The Morgan fingerprint density at radius 2 is 2.33 bits per heavy atom. The van der Waals surface area contributed by atoms with Crippen molar-refractivity contribution in [2.45, 2.75) is 44.7 Å². The Kier molecular flexibility index (Phi) is 3.97. The van der Waals surface area contributed by atoms with Crippen LogP contribution in [0.3, 0.4) is 0 Å². The van der Waals surface area contributed by atoms with E-state index in [2.05, 4.69) is 27.5 Å². The van der Waals surface area contributed by atoms with E-state index in [1.807, 2.05) is 5.51 Å². The highest BCUT2D eigenvalue weighted by atomic mass is 32.1. The summed E-state index contributed by atoms with van der Waals surface area (Å²) in [5.74, 6) is 0.951. The normalized spacial score (nSPS) is 25.8. The number of aromatic nitrogens is 1. The smallest absolute Gasteiger partial charge is 0.0795 e. The minimum absolute atomic E-state index is 0.472. The van der Waals surface area contributed by atoms with Gasteiger partial charge in [-0.25, -0.2) is 4.98 Å². The third-order valence-electron chi connectivity index (χ3n) is 4.23. The van der Waals surface area contributed by atoms with Crippen LogP contribution in [0.4, 0.5) is 0 Å². The highest BCUT2D eigenvalue weighted by Gasteiger charge is 2.29. The van der Waals surface area contributed by atoms with E-state index in [1.54, 1.807) is 11.3 Å². The Morgan fingerprint density at radius 1 is 1.44 bits per heavy atom. The largest absolute Gasteiger partial charge is 0.313 e. The summed E-state index contributed by atoms with van der Waals surface area (Å²) in [4.78, 5) is 7.14. The molecule has 18 heavy (non-hydrogen) atoms. The molecule has 2 unspecified atom stereocenters. The van der Waals surface area contributed by atoms with E-state index >= 15 is 0 Å². The maximum Gasteiger partial charge on any atom is 0.0795 e. The minimum atomic E-state index is 0.472. The molecule has 2 aliphatic rings. The lowest BCUT2D eigenvalue weighted by molar-refractivity contribution is 0.181. The molecule has 1 saturated carbocycles. The number of nitrogens with zero attached hydrogens (tertiary/aromatic N) is 2. The highest BCUT2D eigenvalue weighted by Crippen LogP contribution is 2.33. The molecule has 100 valence electrons. The molecule has 2 heterocycles. The second-order valence-electron chi connectivity index (χ2n) is 5.78. The van der Waals surface area contributed by atoms with Gasteiger partial charge < -0.3 is 5.32 Å².